The Kier molecular flexibility index (Phi) is 8.84. The van der Waals surface area contributed by atoms with Crippen LogP contribution in [-0.4, -0.2) is 39.0 Å². The summed E-state index contributed by atoms with van der Waals surface area (Å²) in [5.74, 6) is -2.30. The number of hydrogen-bond donors (Lipinski definition) is 4. The topological polar surface area (TPSA) is 167 Å². The maximum atomic E-state index is 12.8. The lowest BCUT2D eigenvalue weighted by Gasteiger charge is -2.14. The summed E-state index contributed by atoms with van der Waals surface area (Å²) in [5.41, 5.74) is 0.721. The van der Waals surface area contributed by atoms with Crippen molar-refractivity contribution in [3.05, 3.63) is 94.0 Å². The average Bonchev–Trinajstić information content (AvgIpc) is 2.84. The smallest absolute Gasteiger partial charge is 0.328 e. The van der Waals surface area contributed by atoms with E-state index in [1.54, 1.807) is 0 Å². The lowest BCUT2D eigenvalue weighted by molar-refractivity contribution is -0.132. The molecule has 0 aliphatic carbocycles. The number of anilines is 2. The van der Waals surface area contributed by atoms with Crippen molar-refractivity contribution in [2.45, 2.75) is 9.79 Å². The van der Waals surface area contributed by atoms with Gasteiger partial charge in [0.2, 0.25) is 0 Å². The molecule has 0 aliphatic rings. The number of benzene rings is 3. The molecule has 38 heavy (non-hydrogen) atoms. The minimum absolute atomic E-state index is 0.0348. The van der Waals surface area contributed by atoms with E-state index in [2.05, 4.69) is 9.44 Å². The Labute approximate surface area is 227 Å². The van der Waals surface area contributed by atoms with E-state index < -0.39 is 32.0 Å². The highest BCUT2D eigenvalue weighted by atomic mass is 35.5. The summed E-state index contributed by atoms with van der Waals surface area (Å²) in [6, 6.07) is 13.1. The summed E-state index contributed by atoms with van der Waals surface area (Å²) in [6.07, 6.45) is 4.42. The summed E-state index contributed by atoms with van der Waals surface area (Å²) in [7, 11) is -8.24. The zero-order valence-corrected chi connectivity index (χ0v) is 22.1. The number of sulfonamides is 2. The van der Waals surface area contributed by atoms with Gasteiger partial charge in [-0.25, -0.2) is 26.4 Å². The minimum Gasteiger partial charge on any atom is -0.478 e. The first kappa shape index (κ1) is 28.7. The van der Waals surface area contributed by atoms with Crippen LogP contribution < -0.4 is 9.44 Å². The fraction of sp³-hybridized carbons (Fsp3) is 0. The molecule has 0 amide bonds. The second kappa shape index (κ2) is 11.7. The van der Waals surface area contributed by atoms with Gasteiger partial charge in [-0.15, -0.1) is 0 Å². The average molecular weight is 597 g/mol. The molecule has 0 bridgehead atoms. The molecule has 14 heteroatoms. The van der Waals surface area contributed by atoms with Gasteiger partial charge in [-0.05, 0) is 59.7 Å². The molecule has 198 valence electrons. The summed E-state index contributed by atoms with van der Waals surface area (Å²) in [5, 5.41) is 17.0. The highest BCUT2D eigenvalue weighted by Crippen LogP contribution is 2.36. The maximum absolute atomic E-state index is 12.8. The molecular formula is C24H18Cl2N2O8S2. The Bertz CT molecular complexity index is 1630. The zero-order valence-electron chi connectivity index (χ0n) is 19.0. The van der Waals surface area contributed by atoms with Crippen LogP contribution in [-0.2, 0) is 29.6 Å². The number of carboxylic acids is 2. The standard InChI is InChI=1S/C24H18Cl2N2O8S2/c25-20-13-17(27-37(33,34)18-7-1-15(2-8-18)5-11-22(29)30)14-21(26)24(20)28-38(35,36)19-9-3-16(4-10-19)6-12-23(31)32/h1-14,27-28H,(H,29,30)(H,31,32)/b11-5+,12-6+. The van der Waals surface area contributed by atoms with Crippen LogP contribution in [0.5, 0.6) is 0 Å². The number of rotatable bonds is 10. The number of nitrogens with one attached hydrogen (secondary N) is 2. The molecule has 0 spiro atoms. The Morgan fingerprint density at radius 2 is 1.03 bits per heavy atom. The van der Waals surface area contributed by atoms with Crippen molar-refractivity contribution >= 4 is 78.7 Å². The van der Waals surface area contributed by atoms with Crippen LogP contribution in [0.3, 0.4) is 0 Å². The molecule has 0 unspecified atom stereocenters. The Morgan fingerprint density at radius 3 is 1.39 bits per heavy atom. The fourth-order valence-electron chi connectivity index (χ4n) is 2.99. The molecule has 0 fully saturated rings. The first-order valence-electron chi connectivity index (χ1n) is 10.3. The van der Waals surface area contributed by atoms with Crippen LogP contribution in [0.1, 0.15) is 11.1 Å². The SMILES string of the molecule is O=C(O)/C=C/c1ccc(S(=O)(=O)Nc2cc(Cl)c(NS(=O)(=O)c3ccc(/C=C/C(=O)O)cc3)c(Cl)c2)cc1. The largest absolute Gasteiger partial charge is 0.478 e. The summed E-state index contributed by atoms with van der Waals surface area (Å²) >= 11 is 12.4. The van der Waals surface area contributed by atoms with Gasteiger partial charge in [0.15, 0.2) is 0 Å². The van der Waals surface area contributed by atoms with Crippen LogP contribution in [0.2, 0.25) is 10.0 Å². The van der Waals surface area contributed by atoms with Crippen molar-refractivity contribution in [1.82, 2.24) is 0 Å². The van der Waals surface area contributed by atoms with E-state index in [0.29, 0.717) is 11.1 Å². The van der Waals surface area contributed by atoms with Gasteiger partial charge in [0.1, 0.15) is 0 Å². The van der Waals surface area contributed by atoms with Gasteiger partial charge in [0.25, 0.3) is 20.0 Å². The van der Waals surface area contributed by atoms with Crippen LogP contribution in [0.15, 0.2) is 82.6 Å². The van der Waals surface area contributed by atoms with Crippen LogP contribution >= 0.6 is 23.2 Å². The molecule has 0 saturated heterocycles. The van der Waals surface area contributed by atoms with Crippen LogP contribution in [0.4, 0.5) is 11.4 Å². The molecule has 0 aromatic heterocycles. The predicted molar refractivity (Wildman–Crippen MR) is 144 cm³/mol. The van der Waals surface area contributed by atoms with Gasteiger partial charge in [-0.1, -0.05) is 47.5 Å². The van der Waals surface area contributed by atoms with Crippen molar-refractivity contribution in [2.24, 2.45) is 0 Å². The van der Waals surface area contributed by atoms with Crippen molar-refractivity contribution in [3.8, 4) is 0 Å². The van der Waals surface area contributed by atoms with E-state index in [1.165, 1.54) is 72.8 Å². The molecule has 3 aromatic carbocycles. The summed E-state index contributed by atoms with van der Waals surface area (Å²) in [4.78, 5) is 21.0. The molecule has 10 nitrogen and oxygen atoms in total. The minimum atomic E-state index is -4.15. The molecular weight excluding hydrogens is 579 g/mol. The fourth-order valence-corrected chi connectivity index (χ4v) is 5.82. The number of carbonyl (C=O) groups is 2. The second-order valence-corrected chi connectivity index (χ2v) is 11.7. The third kappa shape index (κ3) is 7.59. The zero-order chi connectivity index (χ0) is 28.1. The molecule has 0 aliphatic heterocycles. The van der Waals surface area contributed by atoms with E-state index in [4.69, 9.17) is 33.4 Å². The lowest BCUT2D eigenvalue weighted by atomic mass is 10.2. The van der Waals surface area contributed by atoms with Gasteiger partial charge in [0.05, 0.1) is 31.2 Å². The number of carboxylic acid groups (broad SMARTS) is 2. The van der Waals surface area contributed by atoms with Crippen molar-refractivity contribution < 1.29 is 36.6 Å². The quantitative estimate of drug-likeness (QED) is 0.242. The summed E-state index contributed by atoms with van der Waals surface area (Å²) < 4.78 is 55.7. The molecule has 3 rings (SSSR count). The number of aliphatic carboxylic acids is 2. The Balaban J connectivity index is 1.79. The lowest BCUT2D eigenvalue weighted by Crippen LogP contribution is -2.15. The van der Waals surface area contributed by atoms with Gasteiger partial charge in [-0.2, -0.15) is 0 Å². The van der Waals surface area contributed by atoms with E-state index in [9.17, 15) is 26.4 Å². The molecule has 0 atom stereocenters. The summed E-state index contributed by atoms with van der Waals surface area (Å²) in [6.45, 7) is 0. The maximum Gasteiger partial charge on any atom is 0.328 e. The number of halogens is 2. The van der Waals surface area contributed by atoms with E-state index in [-0.39, 0.29) is 31.2 Å². The van der Waals surface area contributed by atoms with E-state index >= 15 is 0 Å². The molecule has 0 saturated carbocycles. The van der Waals surface area contributed by atoms with Crippen LogP contribution in [0, 0.1) is 0 Å². The predicted octanol–water partition coefficient (Wildman–Crippen LogP) is 4.79. The molecule has 3 aromatic rings. The monoisotopic (exact) mass is 596 g/mol. The first-order valence-corrected chi connectivity index (χ1v) is 14.1. The molecule has 4 N–H and O–H groups in total. The normalized spacial score (nSPS) is 12.1. The van der Waals surface area contributed by atoms with Gasteiger partial charge in [0, 0.05) is 12.2 Å². The van der Waals surface area contributed by atoms with Crippen molar-refractivity contribution in [1.29, 1.82) is 0 Å². The highest BCUT2D eigenvalue weighted by Gasteiger charge is 2.20. The second-order valence-electron chi connectivity index (χ2n) is 7.51. The van der Waals surface area contributed by atoms with Crippen molar-refractivity contribution in [3.63, 3.8) is 0 Å². The first-order chi connectivity index (χ1) is 17.8. The molecule has 0 heterocycles. The highest BCUT2D eigenvalue weighted by molar-refractivity contribution is 7.93. The van der Waals surface area contributed by atoms with Crippen LogP contribution in [0.25, 0.3) is 12.2 Å². The van der Waals surface area contributed by atoms with Gasteiger partial charge < -0.3 is 10.2 Å². The van der Waals surface area contributed by atoms with Crippen molar-refractivity contribution in [2.75, 3.05) is 9.44 Å². The Morgan fingerprint density at radius 1 is 0.658 bits per heavy atom. The van der Waals surface area contributed by atoms with Gasteiger partial charge >= 0.3 is 11.9 Å². The third-order valence-electron chi connectivity index (χ3n) is 4.75. The third-order valence-corrected chi connectivity index (χ3v) is 8.11. The molecule has 0 radical (unpaired) electrons. The van der Waals surface area contributed by atoms with E-state index in [1.807, 2.05) is 0 Å². The Hall–Kier alpha value is -3.84. The number of hydrogen-bond acceptors (Lipinski definition) is 6. The van der Waals surface area contributed by atoms with E-state index in [0.717, 1.165) is 12.2 Å². The van der Waals surface area contributed by atoms with Gasteiger partial charge in [-0.3, -0.25) is 9.44 Å².